The highest BCUT2D eigenvalue weighted by atomic mass is 16.5. The van der Waals surface area contributed by atoms with Gasteiger partial charge >= 0.3 is 0 Å². The van der Waals surface area contributed by atoms with Crippen LogP contribution in [0.15, 0.2) is 22.8 Å². The Bertz CT molecular complexity index is 231. The molecule has 13 heavy (non-hydrogen) atoms. The van der Waals surface area contributed by atoms with Crippen LogP contribution in [0.1, 0.15) is 25.6 Å². The fraction of sp³-hybridized carbons (Fsp3) is 0.600. The zero-order valence-corrected chi connectivity index (χ0v) is 8.36. The Hall–Kier alpha value is -0.800. The monoisotopic (exact) mass is 183 g/mol. The predicted molar refractivity (Wildman–Crippen MR) is 51.3 cm³/mol. The zero-order chi connectivity index (χ0) is 9.84. The van der Waals surface area contributed by atoms with Gasteiger partial charge in [0.05, 0.1) is 18.4 Å². The molecule has 1 aromatic rings. The van der Waals surface area contributed by atoms with Gasteiger partial charge in [-0.1, -0.05) is 13.8 Å². The molecular formula is C10H17NO2. The Morgan fingerprint density at radius 1 is 1.46 bits per heavy atom. The molecule has 3 nitrogen and oxygen atoms in total. The number of hydrogen-bond donors (Lipinski definition) is 1. The number of methoxy groups -OCH3 is 1. The fourth-order valence-corrected chi connectivity index (χ4v) is 1.48. The largest absolute Gasteiger partial charge is 0.468 e. The molecule has 3 heteroatoms. The van der Waals surface area contributed by atoms with Crippen molar-refractivity contribution in [2.24, 2.45) is 11.7 Å². The molecule has 74 valence electrons. The standard InChI is InChI=1S/C10H17NO2/c1-7(2)10(12-3)9(11)8-5-4-6-13-8/h4-7,9-10H,11H2,1-3H3. The summed E-state index contributed by atoms with van der Waals surface area (Å²) in [7, 11) is 1.67. The van der Waals surface area contributed by atoms with Crippen LogP contribution in [0.2, 0.25) is 0 Å². The first-order valence-electron chi connectivity index (χ1n) is 4.48. The van der Waals surface area contributed by atoms with Gasteiger partial charge in [0, 0.05) is 7.11 Å². The number of rotatable bonds is 4. The first kappa shape index (κ1) is 10.3. The molecule has 2 N–H and O–H groups in total. The molecule has 2 unspecified atom stereocenters. The van der Waals surface area contributed by atoms with Gasteiger partial charge in [0.25, 0.3) is 0 Å². The molecule has 0 amide bonds. The van der Waals surface area contributed by atoms with E-state index in [0.717, 1.165) is 5.76 Å². The van der Waals surface area contributed by atoms with E-state index in [0.29, 0.717) is 5.92 Å². The Morgan fingerprint density at radius 2 is 2.15 bits per heavy atom. The van der Waals surface area contributed by atoms with Crippen molar-refractivity contribution < 1.29 is 9.15 Å². The van der Waals surface area contributed by atoms with E-state index in [1.165, 1.54) is 0 Å². The molecule has 0 radical (unpaired) electrons. The lowest BCUT2D eigenvalue weighted by molar-refractivity contribution is 0.0381. The third-order valence-corrected chi connectivity index (χ3v) is 2.15. The molecule has 1 heterocycles. The van der Waals surface area contributed by atoms with Crippen LogP contribution < -0.4 is 5.73 Å². The normalized spacial score (nSPS) is 16.1. The highest BCUT2D eigenvalue weighted by Gasteiger charge is 2.24. The maximum Gasteiger partial charge on any atom is 0.123 e. The number of ether oxygens (including phenoxy) is 1. The third-order valence-electron chi connectivity index (χ3n) is 2.15. The SMILES string of the molecule is COC(C(C)C)C(N)c1ccco1. The number of nitrogens with two attached hydrogens (primary N) is 1. The molecule has 0 fully saturated rings. The summed E-state index contributed by atoms with van der Waals surface area (Å²) in [6, 6.07) is 3.53. The summed E-state index contributed by atoms with van der Waals surface area (Å²) >= 11 is 0. The molecule has 0 saturated carbocycles. The third kappa shape index (κ3) is 2.32. The van der Waals surface area contributed by atoms with Crippen LogP contribution in [-0.4, -0.2) is 13.2 Å². The minimum atomic E-state index is -0.181. The van der Waals surface area contributed by atoms with Crippen LogP contribution in [-0.2, 0) is 4.74 Å². The lowest BCUT2D eigenvalue weighted by Crippen LogP contribution is -2.32. The van der Waals surface area contributed by atoms with Crippen molar-refractivity contribution in [1.82, 2.24) is 0 Å². The van der Waals surface area contributed by atoms with Gasteiger partial charge in [0.2, 0.25) is 0 Å². The van der Waals surface area contributed by atoms with Crippen molar-refractivity contribution >= 4 is 0 Å². The molecule has 1 rings (SSSR count). The predicted octanol–water partition coefficient (Wildman–Crippen LogP) is 1.95. The van der Waals surface area contributed by atoms with E-state index in [9.17, 15) is 0 Å². The second-order valence-electron chi connectivity index (χ2n) is 3.49. The Balaban J connectivity index is 2.70. The molecule has 0 spiro atoms. The van der Waals surface area contributed by atoms with E-state index >= 15 is 0 Å². The second-order valence-corrected chi connectivity index (χ2v) is 3.49. The maximum absolute atomic E-state index is 5.98. The highest BCUT2D eigenvalue weighted by Crippen LogP contribution is 2.21. The van der Waals surface area contributed by atoms with E-state index in [-0.39, 0.29) is 12.1 Å². The molecule has 0 aliphatic rings. The molecule has 0 aliphatic heterocycles. The van der Waals surface area contributed by atoms with E-state index in [1.54, 1.807) is 13.4 Å². The number of furan rings is 1. The van der Waals surface area contributed by atoms with Gasteiger partial charge in [0.15, 0.2) is 0 Å². The zero-order valence-electron chi connectivity index (χ0n) is 8.36. The van der Waals surface area contributed by atoms with E-state index in [4.69, 9.17) is 14.9 Å². The summed E-state index contributed by atoms with van der Waals surface area (Å²) in [6.45, 7) is 4.16. The smallest absolute Gasteiger partial charge is 0.123 e. The maximum atomic E-state index is 5.98. The van der Waals surface area contributed by atoms with Crippen LogP contribution in [0.5, 0.6) is 0 Å². The summed E-state index contributed by atoms with van der Waals surface area (Å²) < 4.78 is 10.5. The summed E-state index contributed by atoms with van der Waals surface area (Å²) in [6.07, 6.45) is 1.63. The van der Waals surface area contributed by atoms with Gasteiger partial charge in [-0.3, -0.25) is 0 Å². The summed E-state index contributed by atoms with van der Waals surface area (Å²) in [5.74, 6) is 1.16. The first-order valence-corrected chi connectivity index (χ1v) is 4.48. The van der Waals surface area contributed by atoms with E-state index in [1.807, 2.05) is 12.1 Å². The molecule has 0 aromatic carbocycles. The van der Waals surface area contributed by atoms with Gasteiger partial charge in [-0.25, -0.2) is 0 Å². The molecule has 0 aliphatic carbocycles. The lowest BCUT2D eigenvalue weighted by Gasteiger charge is -2.24. The minimum Gasteiger partial charge on any atom is -0.468 e. The molecule has 0 bridgehead atoms. The fourth-order valence-electron chi connectivity index (χ4n) is 1.48. The van der Waals surface area contributed by atoms with Crippen LogP contribution in [0.3, 0.4) is 0 Å². The molecule has 0 saturated heterocycles. The van der Waals surface area contributed by atoms with Gasteiger partial charge in [-0.05, 0) is 18.1 Å². The number of hydrogen-bond acceptors (Lipinski definition) is 3. The van der Waals surface area contributed by atoms with Gasteiger partial charge in [0.1, 0.15) is 5.76 Å². The summed E-state index contributed by atoms with van der Waals surface area (Å²) in [5.41, 5.74) is 5.98. The first-order chi connectivity index (χ1) is 6.16. The van der Waals surface area contributed by atoms with Crippen molar-refractivity contribution in [2.45, 2.75) is 26.0 Å². The molecule has 1 aromatic heterocycles. The Kier molecular flexibility index (Phi) is 3.51. The van der Waals surface area contributed by atoms with Gasteiger partial charge < -0.3 is 14.9 Å². The minimum absolute atomic E-state index is 0.00569. The van der Waals surface area contributed by atoms with Crippen molar-refractivity contribution in [1.29, 1.82) is 0 Å². The average Bonchev–Trinajstić information content (AvgIpc) is 2.56. The van der Waals surface area contributed by atoms with Gasteiger partial charge in [-0.2, -0.15) is 0 Å². The lowest BCUT2D eigenvalue weighted by atomic mass is 9.98. The molecule has 2 atom stereocenters. The van der Waals surface area contributed by atoms with Crippen LogP contribution >= 0.6 is 0 Å². The highest BCUT2D eigenvalue weighted by molar-refractivity contribution is 5.05. The molecular weight excluding hydrogens is 166 g/mol. The summed E-state index contributed by atoms with van der Waals surface area (Å²) in [4.78, 5) is 0. The van der Waals surface area contributed by atoms with Gasteiger partial charge in [-0.15, -0.1) is 0 Å². The van der Waals surface area contributed by atoms with Crippen LogP contribution in [0.25, 0.3) is 0 Å². The van der Waals surface area contributed by atoms with Crippen LogP contribution in [0.4, 0.5) is 0 Å². The second kappa shape index (κ2) is 4.44. The Morgan fingerprint density at radius 3 is 2.54 bits per heavy atom. The quantitative estimate of drug-likeness (QED) is 0.776. The van der Waals surface area contributed by atoms with Crippen molar-refractivity contribution in [2.75, 3.05) is 7.11 Å². The topological polar surface area (TPSA) is 48.4 Å². The average molecular weight is 183 g/mol. The Labute approximate surface area is 78.9 Å². The summed E-state index contributed by atoms with van der Waals surface area (Å²) in [5, 5.41) is 0. The van der Waals surface area contributed by atoms with E-state index < -0.39 is 0 Å². The van der Waals surface area contributed by atoms with Crippen LogP contribution in [0, 0.1) is 5.92 Å². The van der Waals surface area contributed by atoms with Crippen molar-refractivity contribution in [3.05, 3.63) is 24.2 Å². The van der Waals surface area contributed by atoms with Crippen molar-refractivity contribution in [3.63, 3.8) is 0 Å². The van der Waals surface area contributed by atoms with Crippen molar-refractivity contribution in [3.8, 4) is 0 Å². The van der Waals surface area contributed by atoms with E-state index in [2.05, 4.69) is 13.8 Å².